The summed E-state index contributed by atoms with van der Waals surface area (Å²) in [5, 5.41) is 8.98. The predicted octanol–water partition coefficient (Wildman–Crippen LogP) is 2.21. The predicted molar refractivity (Wildman–Crippen MR) is 98.9 cm³/mol. The first kappa shape index (κ1) is 19.6. The van der Waals surface area contributed by atoms with E-state index in [-0.39, 0.29) is 25.5 Å². The van der Waals surface area contributed by atoms with Crippen molar-refractivity contribution in [1.29, 1.82) is 0 Å². The molecule has 6 heteroatoms. The minimum atomic E-state index is -3.41. The SMILES string of the molecule is Cc1ccc(C(CNS(=O)(=O)CCc2ccccc2)OCCO)cc1. The van der Waals surface area contributed by atoms with Gasteiger partial charge in [0.15, 0.2) is 0 Å². The summed E-state index contributed by atoms with van der Waals surface area (Å²) in [7, 11) is -3.41. The first-order valence-electron chi connectivity index (χ1n) is 8.30. The molecule has 0 bridgehead atoms. The molecular formula is C19H25NO4S. The molecular weight excluding hydrogens is 338 g/mol. The minimum Gasteiger partial charge on any atom is -0.394 e. The second kappa shape index (κ2) is 9.68. The van der Waals surface area contributed by atoms with Gasteiger partial charge in [0, 0.05) is 6.54 Å². The Labute approximate surface area is 149 Å². The Morgan fingerprint density at radius 2 is 1.76 bits per heavy atom. The number of rotatable bonds is 10. The van der Waals surface area contributed by atoms with Gasteiger partial charge in [0.05, 0.1) is 25.1 Å². The lowest BCUT2D eigenvalue weighted by Crippen LogP contribution is -2.32. The van der Waals surface area contributed by atoms with Crippen LogP contribution >= 0.6 is 0 Å². The van der Waals surface area contributed by atoms with Gasteiger partial charge < -0.3 is 9.84 Å². The van der Waals surface area contributed by atoms with E-state index in [9.17, 15) is 8.42 Å². The highest BCUT2D eigenvalue weighted by Crippen LogP contribution is 2.17. The van der Waals surface area contributed by atoms with Crippen LogP contribution in [0.5, 0.6) is 0 Å². The van der Waals surface area contributed by atoms with Gasteiger partial charge in [-0.15, -0.1) is 0 Å². The summed E-state index contributed by atoms with van der Waals surface area (Å²) in [5.41, 5.74) is 2.98. The molecule has 0 saturated heterocycles. The lowest BCUT2D eigenvalue weighted by Gasteiger charge is -2.19. The Balaban J connectivity index is 1.94. The van der Waals surface area contributed by atoms with E-state index in [0.29, 0.717) is 6.42 Å². The fraction of sp³-hybridized carbons (Fsp3) is 0.368. The molecule has 0 aliphatic carbocycles. The molecule has 25 heavy (non-hydrogen) atoms. The van der Waals surface area contributed by atoms with E-state index >= 15 is 0 Å². The molecule has 5 nitrogen and oxygen atoms in total. The lowest BCUT2D eigenvalue weighted by atomic mass is 10.1. The molecule has 0 spiro atoms. The molecule has 136 valence electrons. The maximum absolute atomic E-state index is 12.3. The van der Waals surface area contributed by atoms with Crippen molar-refractivity contribution >= 4 is 10.0 Å². The maximum atomic E-state index is 12.3. The number of benzene rings is 2. The summed E-state index contributed by atoms with van der Waals surface area (Å²) < 4.78 is 32.7. The summed E-state index contributed by atoms with van der Waals surface area (Å²) in [6.45, 7) is 2.17. The van der Waals surface area contributed by atoms with Gasteiger partial charge in [-0.25, -0.2) is 13.1 Å². The first-order valence-corrected chi connectivity index (χ1v) is 9.96. The van der Waals surface area contributed by atoms with Crippen LogP contribution < -0.4 is 4.72 Å². The fourth-order valence-electron chi connectivity index (χ4n) is 2.42. The summed E-state index contributed by atoms with van der Waals surface area (Å²) in [6, 6.07) is 17.2. The smallest absolute Gasteiger partial charge is 0.212 e. The molecule has 0 radical (unpaired) electrons. The van der Waals surface area contributed by atoms with Crippen LogP contribution in [0.25, 0.3) is 0 Å². The summed E-state index contributed by atoms with van der Waals surface area (Å²) >= 11 is 0. The molecule has 1 atom stereocenters. The Morgan fingerprint density at radius 3 is 2.40 bits per heavy atom. The molecule has 0 saturated carbocycles. The van der Waals surface area contributed by atoms with Crippen molar-refractivity contribution in [3.8, 4) is 0 Å². The van der Waals surface area contributed by atoms with Crippen molar-refractivity contribution in [2.75, 3.05) is 25.5 Å². The normalized spacial score (nSPS) is 12.9. The van der Waals surface area contributed by atoms with E-state index in [1.807, 2.05) is 61.5 Å². The van der Waals surface area contributed by atoms with Crippen molar-refractivity contribution < 1.29 is 18.3 Å². The second-order valence-corrected chi connectivity index (χ2v) is 7.82. The van der Waals surface area contributed by atoms with E-state index in [1.54, 1.807) is 0 Å². The van der Waals surface area contributed by atoms with E-state index in [2.05, 4.69) is 4.72 Å². The highest BCUT2D eigenvalue weighted by molar-refractivity contribution is 7.89. The van der Waals surface area contributed by atoms with Crippen LogP contribution in [0.15, 0.2) is 54.6 Å². The van der Waals surface area contributed by atoms with Crippen molar-refractivity contribution in [3.63, 3.8) is 0 Å². The van der Waals surface area contributed by atoms with Crippen molar-refractivity contribution in [1.82, 2.24) is 4.72 Å². The summed E-state index contributed by atoms with van der Waals surface area (Å²) in [4.78, 5) is 0. The first-order chi connectivity index (χ1) is 12.0. The minimum absolute atomic E-state index is 0.0254. The van der Waals surface area contributed by atoms with Gasteiger partial charge >= 0.3 is 0 Å². The number of hydrogen-bond donors (Lipinski definition) is 2. The van der Waals surface area contributed by atoms with Crippen molar-refractivity contribution in [2.45, 2.75) is 19.4 Å². The highest BCUT2D eigenvalue weighted by Gasteiger charge is 2.17. The van der Waals surface area contributed by atoms with Crippen molar-refractivity contribution in [2.24, 2.45) is 0 Å². The van der Waals surface area contributed by atoms with Crippen LogP contribution in [-0.4, -0.2) is 39.0 Å². The molecule has 0 heterocycles. The van der Waals surface area contributed by atoms with Crippen LogP contribution in [0.3, 0.4) is 0 Å². The molecule has 0 aliphatic heterocycles. The third-order valence-corrected chi connectivity index (χ3v) is 5.20. The molecule has 2 aromatic carbocycles. The van der Waals surface area contributed by atoms with E-state index in [0.717, 1.165) is 16.7 Å². The van der Waals surface area contributed by atoms with Crippen LogP contribution in [0.2, 0.25) is 0 Å². The number of ether oxygens (including phenoxy) is 1. The molecule has 2 rings (SSSR count). The Hall–Kier alpha value is -1.73. The number of aliphatic hydroxyl groups is 1. The third kappa shape index (κ3) is 6.96. The van der Waals surface area contributed by atoms with Crippen LogP contribution in [0.4, 0.5) is 0 Å². The van der Waals surface area contributed by atoms with E-state index < -0.39 is 16.1 Å². The molecule has 2 aromatic rings. The van der Waals surface area contributed by atoms with Crippen LogP contribution in [0.1, 0.15) is 22.8 Å². The third-order valence-electron chi connectivity index (χ3n) is 3.85. The van der Waals surface area contributed by atoms with Gasteiger partial charge in [0.1, 0.15) is 0 Å². The van der Waals surface area contributed by atoms with E-state index in [4.69, 9.17) is 9.84 Å². The molecule has 0 aliphatic rings. The molecule has 0 amide bonds. The summed E-state index contributed by atoms with van der Waals surface area (Å²) in [5.74, 6) is 0.0254. The number of aryl methyl sites for hydroxylation is 2. The molecule has 0 aromatic heterocycles. The highest BCUT2D eigenvalue weighted by atomic mass is 32.2. The zero-order valence-electron chi connectivity index (χ0n) is 14.4. The lowest BCUT2D eigenvalue weighted by molar-refractivity contribution is 0.0309. The average Bonchev–Trinajstić information content (AvgIpc) is 2.62. The maximum Gasteiger partial charge on any atom is 0.212 e. The standard InChI is InChI=1S/C19H25NO4S/c1-16-7-9-18(10-8-16)19(24-13-12-21)15-20-25(22,23)14-11-17-5-3-2-4-6-17/h2-10,19-21H,11-15H2,1H3. The van der Waals surface area contributed by atoms with Gasteiger partial charge in [0.25, 0.3) is 0 Å². The number of aliphatic hydroxyl groups excluding tert-OH is 1. The topological polar surface area (TPSA) is 75.6 Å². The monoisotopic (exact) mass is 363 g/mol. The fourth-order valence-corrected chi connectivity index (χ4v) is 3.47. The van der Waals surface area contributed by atoms with Gasteiger partial charge in [-0.1, -0.05) is 60.2 Å². The zero-order valence-corrected chi connectivity index (χ0v) is 15.2. The molecule has 0 fully saturated rings. The van der Waals surface area contributed by atoms with Crippen molar-refractivity contribution in [3.05, 3.63) is 71.3 Å². The zero-order chi connectivity index (χ0) is 18.1. The van der Waals surface area contributed by atoms with Crippen LogP contribution in [0, 0.1) is 6.92 Å². The second-order valence-electron chi connectivity index (χ2n) is 5.90. The Bertz CT molecular complexity index is 730. The molecule has 2 N–H and O–H groups in total. The number of hydrogen-bond acceptors (Lipinski definition) is 4. The number of nitrogens with one attached hydrogen (secondary N) is 1. The quantitative estimate of drug-likeness (QED) is 0.679. The number of sulfonamides is 1. The van der Waals surface area contributed by atoms with Gasteiger partial charge in [0.2, 0.25) is 10.0 Å². The van der Waals surface area contributed by atoms with Gasteiger partial charge in [-0.05, 0) is 24.5 Å². The largest absolute Gasteiger partial charge is 0.394 e. The molecule has 1 unspecified atom stereocenters. The summed E-state index contributed by atoms with van der Waals surface area (Å²) in [6.07, 6.45) is 0.0299. The Morgan fingerprint density at radius 1 is 1.08 bits per heavy atom. The van der Waals surface area contributed by atoms with Gasteiger partial charge in [-0.3, -0.25) is 0 Å². The van der Waals surface area contributed by atoms with Gasteiger partial charge in [-0.2, -0.15) is 0 Å². The van der Waals surface area contributed by atoms with Crippen LogP contribution in [-0.2, 0) is 21.2 Å². The Kier molecular flexibility index (Phi) is 7.58. The average molecular weight is 363 g/mol. The van der Waals surface area contributed by atoms with E-state index in [1.165, 1.54) is 0 Å².